The minimum atomic E-state index is -1.10. The van der Waals surface area contributed by atoms with E-state index in [0.29, 0.717) is 17.4 Å². The smallest absolute Gasteiger partial charge is 0.326 e. The third kappa shape index (κ3) is 4.01. The number of aliphatic carboxylic acids is 1. The van der Waals surface area contributed by atoms with E-state index in [4.69, 9.17) is 15.6 Å². The second-order valence-corrected chi connectivity index (χ2v) is 5.28. The van der Waals surface area contributed by atoms with E-state index in [2.05, 4.69) is 10.3 Å². The topological polar surface area (TPSA) is 97.5 Å². The highest BCUT2D eigenvalue weighted by Gasteiger charge is 2.17. The van der Waals surface area contributed by atoms with Gasteiger partial charge in [0.05, 0.1) is 12.3 Å². The quantitative estimate of drug-likeness (QED) is 0.725. The van der Waals surface area contributed by atoms with E-state index < -0.39 is 12.0 Å². The lowest BCUT2D eigenvalue weighted by molar-refractivity contribution is -0.138. The van der Waals surface area contributed by atoms with Gasteiger partial charge in [0.25, 0.3) is 0 Å². The lowest BCUT2D eigenvalue weighted by Gasteiger charge is -2.09. The molecule has 0 bridgehead atoms. The molecule has 0 amide bonds. The summed E-state index contributed by atoms with van der Waals surface area (Å²) in [6.07, 6.45) is 0.784. The number of methoxy groups -OCH3 is 1. The normalized spacial score (nSPS) is 12.1. The zero-order chi connectivity index (χ0) is 15.2. The molecule has 1 aromatic heterocycles. The third-order valence-corrected chi connectivity index (χ3v) is 3.72. The Labute approximate surface area is 126 Å². The van der Waals surface area contributed by atoms with E-state index in [-0.39, 0.29) is 0 Å². The van der Waals surface area contributed by atoms with E-state index in [9.17, 15) is 4.79 Å². The Kier molecular flexibility index (Phi) is 5.26. The molecule has 112 valence electrons. The van der Waals surface area contributed by atoms with Crippen LogP contribution >= 0.6 is 11.3 Å². The number of carboxylic acid groups (broad SMARTS) is 1. The predicted octanol–water partition coefficient (Wildman–Crippen LogP) is 2.16. The van der Waals surface area contributed by atoms with Crippen molar-refractivity contribution in [2.75, 3.05) is 19.0 Å². The second-order valence-electron chi connectivity index (χ2n) is 4.42. The molecule has 0 aliphatic carbocycles. The van der Waals surface area contributed by atoms with Crippen molar-refractivity contribution in [3.8, 4) is 0 Å². The molecule has 2 aromatic rings. The lowest BCUT2D eigenvalue weighted by Crippen LogP contribution is -2.20. The van der Waals surface area contributed by atoms with Crippen LogP contribution in [0, 0.1) is 0 Å². The van der Waals surface area contributed by atoms with Gasteiger partial charge in [0, 0.05) is 18.2 Å². The molecule has 0 radical (unpaired) electrons. The number of benzene rings is 1. The van der Waals surface area contributed by atoms with Gasteiger partial charge in [-0.2, -0.15) is 0 Å². The highest BCUT2D eigenvalue weighted by atomic mass is 32.1. The molecule has 2 rings (SSSR count). The number of hydrogen-bond acceptors (Lipinski definition) is 6. The molecule has 4 N–H and O–H groups in total. The van der Waals surface area contributed by atoms with Crippen molar-refractivity contribution in [3.63, 3.8) is 0 Å². The Hall–Kier alpha value is -1.96. The van der Waals surface area contributed by atoms with Gasteiger partial charge in [0.1, 0.15) is 6.04 Å². The fourth-order valence-electron chi connectivity index (χ4n) is 1.80. The van der Waals surface area contributed by atoms with Crippen LogP contribution in [0.25, 0.3) is 0 Å². The molecule has 0 aliphatic rings. The van der Waals surface area contributed by atoms with Crippen LogP contribution in [0.1, 0.15) is 17.3 Å². The van der Waals surface area contributed by atoms with Gasteiger partial charge in [-0.25, -0.2) is 4.98 Å². The number of hydrogen-bond donors (Lipinski definition) is 3. The Morgan fingerprint density at radius 2 is 2.29 bits per heavy atom. The number of ether oxygens (including phenoxy) is 1. The van der Waals surface area contributed by atoms with Crippen molar-refractivity contribution in [3.05, 3.63) is 40.9 Å². The summed E-state index contributed by atoms with van der Waals surface area (Å²) < 4.78 is 5.09. The molecule has 0 aliphatic heterocycles. The number of anilines is 2. The number of nitrogens with one attached hydrogen (secondary N) is 1. The van der Waals surface area contributed by atoms with Crippen LogP contribution in [0.15, 0.2) is 29.6 Å². The van der Waals surface area contributed by atoms with Gasteiger partial charge in [-0.1, -0.05) is 18.2 Å². The molecule has 0 saturated heterocycles. The van der Waals surface area contributed by atoms with Crippen LogP contribution in [-0.2, 0) is 16.0 Å². The standard InChI is InChI=1S/C14H17N3O3S/c1-20-7-6-9-4-2-3-5-10(9)16-14-17-11(8-21-14)12(15)13(18)19/h2-5,8,12H,6-7,15H2,1H3,(H,16,17)(H,18,19). The van der Waals surface area contributed by atoms with Crippen molar-refractivity contribution < 1.29 is 14.6 Å². The van der Waals surface area contributed by atoms with Gasteiger partial charge in [-0.3, -0.25) is 4.79 Å². The van der Waals surface area contributed by atoms with Crippen LogP contribution in [0.5, 0.6) is 0 Å². The van der Waals surface area contributed by atoms with Crippen molar-refractivity contribution in [1.29, 1.82) is 0 Å². The molecular weight excluding hydrogens is 290 g/mol. The first-order valence-electron chi connectivity index (χ1n) is 6.39. The maximum absolute atomic E-state index is 10.8. The van der Waals surface area contributed by atoms with Gasteiger partial charge < -0.3 is 20.9 Å². The summed E-state index contributed by atoms with van der Waals surface area (Å²) in [4.78, 5) is 15.1. The third-order valence-electron chi connectivity index (χ3n) is 2.94. The van der Waals surface area contributed by atoms with Crippen LogP contribution < -0.4 is 11.1 Å². The SMILES string of the molecule is COCCc1ccccc1Nc1nc(C(N)C(=O)O)cs1. The fraction of sp³-hybridized carbons (Fsp3) is 0.286. The van der Waals surface area contributed by atoms with Gasteiger partial charge in [0.15, 0.2) is 5.13 Å². The summed E-state index contributed by atoms with van der Waals surface area (Å²) in [5.41, 5.74) is 7.93. The Balaban J connectivity index is 2.13. The maximum atomic E-state index is 10.8. The molecule has 0 spiro atoms. The number of aromatic nitrogens is 1. The van der Waals surface area contributed by atoms with Crippen LogP contribution in [0.4, 0.5) is 10.8 Å². The molecule has 0 fully saturated rings. The summed E-state index contributed by atoms with van der Waals surface area (Å²) in [6.45, 7) is 0.631. The van der Waals surface area contributed by atoms with Crippen molar-refractivity contribution in [2.24, 2.45) is 5.73 Å². The zero-order valence-corrected chi connectivity index (χ0v) is 12.4. The molecule has 1 heterocycles. The monoisotopic (exact) mass is 307 g/mol. The number of nitrogens with zero attached hydrogens (tertiary/aromatic N) is 1. The number of thiazole rings is 1. The zero-order valence-electron chi connectivity index (χ0n) is 11.6. The average Bonchev–Trinajstić information content (AvgIpc) is 2.94. The van der Waals surface area contributed by atoms with E-state index >= 15 is 0 Å². The number of para-hydroxylation sites is 1. The van der Waals surface area contributed by atoms with Crippen LogP contribution in [0.3, 0.4) is 0 Å². The van der Waals surface area contributed by atoms with Crippen LogP contribution in [0.2, 0.25) is 0 Å². The van der Waals surface area contributed by atoms with Gasteiger partial charge >= 0.3 is 5.97 Å². The minimum Gasteiger partial charge on any atom is -0.480 e. The van der Waals surface area contributed by atoms with Crippen molar-refractivity contribution in [2.45, 2.75) is 12.5 Å². The second kappa shape index (κ2) is 7.16. The lowest BCUT2D eigenvalue weighted by atomic mass is 10.1. The predicted molar refractivity (Wildman–Crippen MR) is 82.0 cm³/mol. The summed E-state index contributed by atoms with van der Waals surface area (Å²) >= 11 is 1.33. The number of nitrogens with two attached hydrogens (primary N) is 1. The first kappa shape index (κ1) is 15.4. The van der Waals surface area contributed by atoms with Gasteiger partial charge in [-0.15, -0.1) is 11.3 Å². The molecule has 21 heavy (non-hydrogen) atoms. The summed E-state index contributed by atoms with van der Waals surface area (Å²) in [5.74, 6) is -1.09. The van der Waals surface area contributed by atoms with Crippen molar-refractivity contribution >= 4 is 28.1 Å². The van der Waals surface area contributed by atoms with Crippen molar-refractivity contribution in [1.82, 2.24) is 4.98 Å². The van der Waals surface area contributed by atoms with Gasteiger partial charge in [-0.05, 0) is 18.1 Å². The van der Waals surface area contributed by atoms with E-state index in [1.54, 1.807) is 12.5 Å². The first-order chi connectivity index (χ1) is 10.1. The van der Waals surface area contributed by atoms with E-state index in [0.717, 1.165) is 17.7 Å². The maximum Gasteiger partial charge on any atom is 0.326 e. The molecule has 6 nitrogen and oxygen atoms in total. The summed E-state index contributed by atoms with van der Waals surface area (Å²) in [5, 5.41) is 14.3. The largest absolute Gasteiger partial charge is 0.480 e. The molecule has 1 aromatic carbocycles. The molecule has 7 heteroatoms. The highest BCUT2D eigenvalue weighted by Crippen LogP contribution is 2.25. The average molecular weight is 307 g/mol. The highest BCUT2D eigenvalue weighted by molar-refractivity contribution is 7.13. The fourth-order valence-corrected chi connectivity index (χ4v) is 2.56. The summed E-state index contributed by atoms with van der Waals surface area (Å²) in [6, 6.07) is 6.75. The summed E-state index contributed by atoms with van der Waals surface area (Å²) in [7, 11) is 1.66. The van der Waals surface area contributed by atoms with Gasteiger partial charge in [0.2, 0.25) is 0 Å². The number of carbonyl (C=O) groups is 1. The van der Waals surface area contributed by atoms with Crippen LogP contribution in [-0.4, -0.2) is 29.8 Å². The van der Waals surface area contributed by atoms with E-state index in [1.165, 1.54) is 11.3 Å². The molecule has 0 saturated carbocycles. The first-order valence-corrected chi connectivity index (χ1v) is 7.27. The number of rotatable bonds is 7. The Morgan fingerprint density at radius 1 is 1.52 bits per heavy atom. The number of carboxylic acids is 1. The van der Waals surface area contributed by atoms with E-state index in [1.807, 2.05) is 24.3 Å². The Morgan fingerprint density at radius 3 is 3.00 bits per heavy atom. The Bertz CT molecular complexity index is 615. The molecular formula is C14H17N3O3S. The molecule has 1 unspecified atom stereocenters. The minimum absolute atomic E-state index is 0.351. The molecule has 1 atom stereocenters.